The van der Waals surface area contributed by atoms with Gasteiger partial charge in [0, 0.05) is 33.7 Å². The fraction of sp³-hybridized carbons (Fsp3) is 0.111. The highest BCUT2D eigenvalue weighted by Gasteiger charge is 2.55. The van der Waals surface area contributed by atoms with Crippen LogP contribution in [0, 0.1) is 6.92 Å². The van der Waals surface area contributed by atoms with E-state index in [0.29, 0.717) is 0 Å². The van der Waals surface area contributed by atoms with Gasteiger partial charge in [0.05, 0.1) is 16.5 Å². The number of nitrogens with zero attached hydrogens (tertiary/aromatic N) is 2. The largest absolute Gasteiger partial charge is 0.456 e. The smallest absolute Gasteiger partial charge is 0.333 e. The molecule has 58 heavy (non-hydrogen) atoms. The van der Waals surface area contributed by atoms with Crippen LogP contribution < -0.4 is 20.6 Å². The normalized spacial score (nSPS) is 14.9. The van der Waals surface area contributed by atoms with E-state index in [1.807, 2.05) is 0 Å². The van der Waals surface area contributed by atoms with Crippen molar-refractivity contribution in [2.24, 2.45) is 0 Å². The second-order valence-corrected chi connectivity index (χ2v) is 17.7. The molecule has 0 bridgehead atoms. The van der Waals surface area contributed by atoms with Crippen molar-refractivity contribution in [3.05, 3.63) is 197 Å². The van der Waals surface area contributed by atoms with Crippen LogP contribution in [0.25, 0.3) is 44.2 Å². The van der Waals surface area contributed by atoms with Gasteiger partial charge in [0.25, 0.3) is 0 Å². The lowest BCUT2D eigenvalue weighted by molar-refractivity contribution is 0.590. The Morgan fingerprint density at radius 3 is 1.97 bits per heavy atom. The van der Waals surface area contributed by atoms with Gasteiger partial charge >= 0.3 is 6.85 Å². The highest BCUT2D eigenvalue weighted by Crippen LogP contribution is 2.64. The number of hydrogen-bond acceptors (Lipinski definition) is 3. The molecule has 1 spiro atoms. The fourth-order valence-corrected chi connectivity index (χ4v) is 11.3. The van der Waals surface area contributed by atoms with Crippen molar-refractivity contribution in [1.82, 2.24) is 0 Å². The highest BCUT2D eigenvalue weighted by atomic mass is 16.3. The van der Waals surface area contributed by atoms with E-state index in [-0.39, 0.29) is 12.3 Å². The average molecular weight is 743 g/mol. The maximum absolute atomic E-state index is 6.65. The van der Waals surface area contributed by atoms with Crippen molar-refractivity contribution in [1.29, 1.82) is 0 Å². The molecular weight excluding hydrogens is 703 g/mol. The minimum atomic E-state index is -0.491. The first-order valence-corrected chi connectivity index (χ1v) is 20.6. The molecule has 274 valence electrons. The topological polar surface area (TPSA) is 19.6 Å². The van der Waals surface area contributed by atoms with Gasteiger partial charge in [-0.05, 0) is 116 Å². The van der Waals surface area contributed by atoms with E-state index in [2.05, 4.69) is 201 Å². The molecule has 0 fully saturated rings. The molecule has 1 aromatic heterocycles. The zero-order valence-electron chi connectivity index (χ0n) is 33.0. The van der Waals surface area contributed by atoms with E-state index in [1.54, 1.807) is 0 Å². The fourth-order valence-electron chi connectivity index (χ4n) is 11.3. The second-order valence-electron chi connectivity index (χ2n) is 17.7. The summed E-state index contributed by atoms with van der Waals surface area (Å²) >= 11 is 0. The van der Waals surface area contributed by atoms with Gasteiger partial charge in [0.15, 0.2) is 0 Å². The van der Waals surface area contributed by atoms with Gasteiger partial charge in [-0.15, -0.1) is 0 Å². The van der Waals surface area contributed by atoms with E-state index < -0.39 is 5.41 Å². The number of anilines is 5. The van der Waals surface area contributed by atoms with E-state index in [0.717, 1.165) is 21.9 Å². The van der Waals surface area contributed by atoms with Gasteiger partial charge in [-0.2, -0.15) is 0 Å². The summed E-state index contributed by atoms with van der Waals surface area (Å²) in [6.45, 7) is 9.03. The van der Waals surface area contributed by atoms with Crippen LogP contribution in [-0.2, 0) is 10.8 Å². The first-order chi connectivity index (χ1) is 28.3. The van der Waals surface area contributed by atoms with Crippen LogP contribution in [0.2, 0.25) is 0 Å². The maximum Gasteiger partial charge on any atom is 0.333 e. The minimum Gasteiger partial charge on any atom is -0.456 e. The standard InChI is InChI=1S/C54H39BN2O/c1-32-30-39-37-28-29-48-49(38-16-7-12-23-47(38)58-48)51(37)57(34-26-24-33(25-27-34)53(2,3)4)55-44-21-13-20-43-52(44)56(46(31-32)50(39)55)45-22-11-10-19-42(45)54(43)40-17-8-5-14-35(40)36-15-6-9-18-41(36)54/h5-31H,1-4H3. The van der Waals surface area contributed by atoms with Gasteiger partial charge in [0.2, 0.25) is 0 Å². The third-order valence-corrected chi connectivity index (χ3v) is 13.6. The summed E-state index contributed by atoms with van der Waals surface area (Å²) in [5, 5.41) is 2.30. The zero-order chi connectivity index (χ0) is 38.7. The Morgan fingerprint density at radius 2 is 1.21 bits per heavy atom. The molecule has 4 aliphatic rings. The lowest BCUT2D eigenvalue weighted by Gasteiger charge is -2.51. The van der Waals surface area contributed by atoms with Crippen LogP contribution in [0.15, 0.2) is 168 Å². The molecule has 9 aromatic rings. The average Bonchev–Trinajstić information content (AvgIpc) is 3.77. The van der Waals surface area contributed by atoms with Crippen molar-refractivity contribution in [3.8, 4) is 22.3 Å². The third-order valence-electron chi connectivity index (χ3n) is 13.6. The molecule has 3 nitrogen and oxygen atoms in total. The number of furan rings is 1. The second kappa shape index (κ2) is 11.0. The molecule has 4 heterocycles. The van der Waals surface area contributed by atoms with Gasteiger partial charge < -0.3 is 14.1 Å². The van der Waals surface area contributed by atoms with Crippen molar-refractivity contribution < 1.29 is 4.42 Å². The van der Waals surface area contributed by atoms with Gasteiger partial charge in [0.1, 0.15) is 11.2 Å². The summed E-state index contributed by atoms with van der Waals surface area (Å²) < 4.78 is 6.65. The maximum atomic E-state index is 6.65. The van der Waals surface area contributed by atoms with Crippen LogP contribution in [0.4, 0.5) is 28.4 Å². The van der Waals surface area contributed by atoms with E-state index in [9.17, 15) is 0 Å². The van der Waals surface area contributed by atoms with Gasteiger partial charge in [-0.25, -0.2) is 0 Å². The summed E-state index contributed by atoms with van der Waals surface area (Å²) in [5.41, 5.74) is 23.2. The predicted octanol–water partition coefficient (Wildman–Crippen LogP) is 12.6. The van der Waals surface area contributed by atoms with Crippen LogP contribution in [0.5, 0.6) is 0 Å². The molecule has 0 unspecified atom stereocenters. The first kappa shape index (κ1) is 32.3. The molecular formula is C54H39BN2O. The summed E-state index contributed by atoms with van der Waals surface area (Å²) in [4.78, 5) is 5.28. The minimum absolute atomic E-state index is 0.0308. The van der Waals surface area contributed by atoms with Crippen LogP contribution >= 0.6 is 0 Å². The molecule has 3 aliphatic heterocycles. The van der Waals surface area contributed by atoms with Crippen molar-refractivity contribution in [2.45, 2.75) is 38.5 Å². The summed E-state index contributed by atoms with van der Waals surface area (Å²) in [6.07, 6.45) is 0. The Hall–Kier alpha value is -6.78. The zero-order valence-corrected chi connectivity index (χ0v) is 33.0. The Labute approximate surface area is 338 Å². The molecule has 0 amide bonds. The molecule has 0 N–H and O–H groups in total. The summed E-state index contributed by atoms with van der Waals surface area (Å²) in [6, 6.07) is 61.9. The summed E-state index contributed by atoms with van der Waals surface area (Å²) in [7, 11) is 0. The van der Waals surface area contributed by atoms with Crippen molar-refractivity contribution in [3.63, 3.8) is 0 Å². The quantitative estimate of drug-likeness (QED) is 0.156. The van der Waals surface area contributed by atoms with Gasteiger partial charge in [-0.3, -0.25) is 0 Å². The molecule has 4 heteroatoms. The highest BCUT2D eigenvalue weighted by molar-refractivity contribution is 6.94. The Balaban J connectivity index is 1.20. The van der Waals surface area contributed by atoms with Crippen molar-refractivity contribution >= 4 is 68.1 Å². The molecule has 1 aliphatic carbocycles. The van der Waals surface area contributed by atoms with Crippen molar-refractivity contribution in [2.75, 3.05) is 9.71 Å². The number of benzene rings is 8. The number of aryl methyl sites for hydroxylation is 1. The molecule has 8 aromatic carbocycles. The monoisotopic (exact) mass is 742 g/mol. The van der Waals surface area contributed by atoms with E-state index in [4.69, 9.17) is 4.42 Å². The number of rotatable bonds is 1. The lowest BCUT2D eigenvalue weighted by atomic mass is 9.42. The molecule has 0 radical (unpaired) electrons. The van der Waals surface area contributed by atoms with Gasteiger partial charge in [-0.1, -0.05) is 142 Å². The SMILES string of the molecule is Cc1cc2c3c(c1)N1c4ccccc4C4(c5ccccc5-c5ccccc54)c4cccc(c41)B3N(c1ccc(C(C)(C)C)cc1)c1c-2ccc2oc3ccccc3c12. The first-order valence-electron chi connectivity index (χ1n) is 20.6. The molecule has 0 saturated heterocycles. The summed E-state index contributed by atoms with van der Waals surface area (Å²) in [5.74, 6) is 0. The number of fused-ring (bicyclic) bond motifs is 17. The Morgan fingerprint density at radius 1 is 0.534 bits per heavy atom. The Kier molecular flexibility index (Phi) is 6.13. The van der Waals surface area contributed by atoms with Crippen LogP contribution in [-0.4, -0.2) is 6.85 Å². The van der Waals surface area contributed by atoms with Crippen LogP contribution in [0.1, 0.15) is 54.2 Å². The molecule has 0 atom stereocenters. The predicted molar refractivity (Wildman–Crippen MR) is 242 cm³/mol. The number of para-hydroxylation sites is 3. The third kappa shape index (κ3) is 3.86. The van der Waals surface area contributed by atoms with E-state index in [1.165, 1.54) is 95.0 Å². The molecule has 13 rings (SSSR count). The Bertz CT molecular complexity index is 3210. The molecule has 0 saturated carbocycles. The van der Waals surface area contributed by atoms with Crippen LogP contribution in [0.3, 0.4) is 0 Å². The van der Waals surface area contributed by atoms with E-state index >= 15 is 0 Å². The lowest BCUT2D eigenvalue weighted by Crippen LogP contribution is -2.62. The number of hydrogen-bond donors (Lipinski definition) is 0.